The van der Waals surface area contributed by atoms with Crippen LogP contribution in [0.1, 0.15) is 44.5 Å². The van der Waals surface area contributed by atoms with Crippen LogP contribution in [0.3, 0.4) is 0 Å². The second kappa shape index (κ2) is 25.3. The van der Waals surface area contributed by atoms with E-state index < -0.39 is 10.8 Å². The van der Waals surface area contributed by atoms with Gasteiger partial charge in [-0.15, -0.1) is 22.7 Å². The highest BCUT2D eigenvalue weighted by Gasteiger charge is 2.52. The number of aromatic nitrogens is 6. The van der Waals surface area contributed by atoms with E-state index in [4.69, 9.17) is 29.9 Å². The number of hydrogen-bond donors (Lipinski definition) is 0. The molecule has 520 valence electrons. The number of fused-ring (bicyclic) bond motifs is 30. The molecule has 4 aliphatic rings. The molecule has 0 fully saturated rings. The summed E-state index contributed by atoms with van der Waals surface area (Å²) < 4.78 is 4.99. The van der Waals surface area contributed by atoms with Gasteiger partial charge in [0.1, 0.15) is 0 Å². The summed E-state index contributed by atoms with van der Waals surface area (Å²) in [5.41, 5.74) is 29.8. The zero-order valence-corrected chi connectivity index (χ0v) is 61.9. The molecule has 20 aromatic rings. The molecule has 24 rings (SSSR count). The highest BCUT2D eigenvalue weighted by molar-refractivity contribution is 7.26. The van der Waals surface area contributed by atoms with Gasteiger partial charge in [-0.2, -0.15) is 0 Å². The molecule has 8 heteroatoms. The Morgan fingerprint density at radius 2 is 0.402 bits per heavy atom. The number of thiophene rings is 2. The molecule has 0 aliphatic heterocycles. The molecule has 4 aliphatic carbocycles. The van der Waals surface area contributed by atoms with Gasteiger partial charge in [0, 0.05) is 73.7 Å². The quantitative estimate of drug-likeness (QED) is 0.165. The van der Waals surface area contributed by atoms with E-state index in [0.29, 0.717) is 34.9 Å². The second-order valence-corrected chi connectivity index (χ2v) is 31.5. The van der Waals surface area contributed by atoms with Gasteiger partial charge in [0.05, 0.1) is 10.8 Å². The van der Waals surface area contributed by atoms with Crippen LogP contribution in [-0.4, -0.2) is 29.9 Å². The molecule has 4 heterocycles. The van der Waals surface area contributed by atoms with Crippen molar-refractivity contribution in [2.45, 2.75) is 10.8 Å². The van der Waals surface area contributed by atoms with E-state index in [1.54, 1.807) is 22.7 Å². The third-order valence-corrected chi connectivity index (χ3v) is 25.8. The molecular weight excluding hydrogens is 1400 g/mol. The van der Waals surface area contributed by atoms with Crippen LogP contribution in [0.15, 0.2) is 376 Å². The van der Waals surface area contributed by atoms with E-state index >= 15 is 0 Å². The lowest BCUT2D eigenvalue weighted by Crippen LogP contribution is -2.29. The topological polar surface area (TPSA) is 77.3 Å². The Morgan fingerprint density at radius 3 is 0.795 bits per heavy atom. The van der Waals surface area contributed by atoms with Crippen molar-refractivity contribution in [1.29, 1.82) is 0 Å². The van der Waals surface area contributed by atoms with Crippen LogP contribution in [0.4, 0.5) is 0 Å². The van der Waals surface area contributed by atoms with Crippen molar-refractivity contribution in [1.82, 2.24) is 29.9 Å². The second-order valence-electron chi connectivity index (χ2n) is 29.3. The van der Waals surface area contributed by atoms with Crippen LogP contribution in [0.2, 0.25) is 0 Å². The molecule has 0 unspecified atom stereocenters. The maximum Gasteiger partial charge on any atom is 0.164 e. The average molecular weight is 1460 g/mol. The van der Waals surface area contributed by atoms with Crippen LogP contribution in [0.25, 0.3) is 175 Å². The Morgan fingerprint density at radius 1 is 0.152 bits per heavy atom. The van der Waals surface area contributed by atoms with Crippen LogP contribution < -0.4 is 0 Å². The van der Waals surface area contributed by atoms with Crippen molar-refractivity contribution in [3.63, 3.8) is 0 Å². The normalized spacial score (nSPS) is 13.1. The summed E-state index contributed by atoms with van der Waals surface area (Å²) in [4.78, 5) is 31.2. The number of benzene rings is 16. The summed E-state index contributed by atoms with van der Waals surface area (Å²) in [5, 5.41) is 5.06. The third kappa shape index (κ3) is 9.62. The van der Waals surface area contributed by atoms with E-state index in [1.165, 1.54) is 152 Å². The van der Waals surface area contributed by atoms with Gasteiger partial charge in [-0.1, -0.05) is 340 Å². The van der Waals surface area contributed by atoms with Crippen molar-refractivity contribution < 1.29 is 0 Å². The van der Waals surface area contributed by atoms with Crippen LogP contribution in [0.5, 0.6) is 0 Å². The fourth-order valence-electron chi connectivity index (χ4n) is 18.8. The van der Waals surface area contributed by atoms with Gasteiger partial charge in [-0.05, 0) is 148 Å². The standard InChI is InChI=1S/2C52H31N3S/c1-2-14-32(15-3-1)49-53-50(55-51(54-49)34-26-28-41-40-21-9-13-25-47(40)56-48(41)31-34)33-27-29-46-42(30-33)39-20-8-12-24-45(39)52(46)43-22-10-6-18-37(43)35-16-4-5-17-36(35)38-19-7-11-23-44(38)52;1-2-14-32(15-3-1)49-53-50(55-51(54-49)34-27-29-42-41-21-9-13-25-47(41)56-48(42)31-34)33-26-28-40-39-20-8-12-24-45(39)52(46(40)30-33)43-22-10-6-18-37(43)35-16-4-5-17-36(35)38-19-7-11-23-44(38)52/h2*1-31H. The van der Waals surface area contributed by atoms with Gasteiger partial charge in [0.2, 0.25) is 0 Å². The smallest absolute Gasteiger partial charge is 0.164 e. The molecule has 0 saturated heterocycles. The molecule has 0 saturated carbocycles. The fraction of sp³-hybridized carbons (Fsp3) is 0.0192. The van der Waals surface area contributed by atoms with E-state index in [-0.39, 0.29) is 0 Å². The van der Waals surface area contributed by atoms with Crippen molar-refractivity contribution in [3.8, 4) is 135 Å². The minimum atomic E-state index is -0.585. The third-order valence-electron chi connectivity index (χ3n) is 23.6. The highest BCUT2D eigenvalue weighted by atomic mass is 32.1. The Balaban J connectivity index is 0.000000134. The zero-order valence-electron chi connectivity index (χ0n) is 60.3. The fourth-order valence-corrected chi connectivity index (χ4v) is 21.1. The predicted molar refractivity (Wildman–Crippen MR) is 462 cm³/mol. The van der Waals surface area contributed by atoms with E-state index in [1.807, 2.05) is 36.4 Å². The minimum Gasteiger partial charge on any atom is -0.208 e. The first-order valence-corrected chi connectivity index (χ1v) is 39.7. The predicted octanol–water partition coefficient (Wildman–Crippen LogP) is 26.5. The lowest BCUT2D eigenvalue weighted by atomic mass is 9.66. The maximum atomic E-state index is 5.29. The lowest BCUT2D eigenvalue weighted by molar-refractivity contribution is 0.775. The lowest BCUT2D eigenvalue weighted by Gasteiger charge is -2.35. The summed E-state index contributed by atoms with van der Waals surface area (Å²) in [6.07, 6.45) is 0. The maximum absolute atomic E-state index is 5.29. The molecule has 6 nitrogen and oxygen atoms in total. The number of nitrogens with zero attached hydrogens (tertiary/aromatic N) is 6. The van der Waals surface area contributed by atoms with Crippen LogP contribution in [-0.2, 0) is 10.8 Å². The largest absolute Gasteiger partial charge is 0.208 e. The zero-order chi connectivity index (χ0) is 73.6. The van der Waals surface area contributed by atoms with Crippen molar-refractivity contribution in [2.75, 3.05) is 0 Å². The summed E-state index contributed by atoms with van der Waals surface area (Å²) in [6.45, 7) is 0. The van der Waals surface area contributed by atoms with Gasteiger partial charge < -0.3 is 0 Å². The van der Waals surface area contributed by atoms with Gasteiger partial charge in [-0.25, -0.2) is 29.9 Å². The summed E-state index contributed by atoms with van der Waals surface area (Å²) in [6, 6.07) is 136. The van der Waals surface area contributed by atoms with E-state index in [2.05, 4.69) is 340 Å². The molecule has 0 bridgehead atoms. The summed E-state index contributed by atoms with van der Waals surface area (Å²) >= 11 is 3.61. The molecule has 0 amide bonds. The van der Waals surface area contributed by atoms with E-state index in [0.717, 1.165) is 33.4 Å². The first kappa shape index (κ1) is 64.0. The van der Waals surface area contributed by atoms with Gasteiger partial charge in [-0.3, -0.25) is 0 Å². The van der Waals surface area contributed by atoms with Crippen molar-refractivity contribution >= 4 is 63.0 Å². The Bertz CT molecular complexity index is 7170. The molecule has 16 aromatic carbocycles. The summed E-state index contributed by atoms with van der Waals surface area (Å²) in [5.74, 6) is 3.94. The first-order chi connectivity index (χ1) is 55.5. The van der Waals surface area contributed by atoms with Crippen LogP contribution in [0, 0.1) is 0 Å². The first-order valence-electron chi connectivity index (χ1n) is 38.0. The molecule has 112 heavy (non-hydrogen) atoms. The molecule has 0 N–H and O–H groups in total. The molecule has 0 radical (unpaired) electrons. The Kier molecular flexibility index (Phi) is 14.5. The molecule has 2 spiro atoms. The van der Waals surface area contributed by atoms with Crippen LogP contribution >= 0.6 is 22.7 Å². The average Bonchev–Trinajstić information content (AvgIpc) is 1.52. The van der Waals surface area contributed by atoms with Gasteiger partial charge >= 0.3 is 0 Å². The Hall–Kier alpha value is -14.0. The highest BCUT2D eigenvalue weighted by Crippen LogP contribution is 2.64. The number of hydrogen-bond acceptors (Lipinski definition) is 8. The number of rotatable bonds is 6. The van der Waals surface area contributed by atoms with E-state index in [9.17, 15) is 0 Å². The molecule has 0 atom stereocenters. The van der Waals surface area contributed by atoms with Crippen molar-refractivity contribution in [3.05, 3.63) is 421 Å². The molecular formula is C104H62N6S2. The molecule has 4 aromatic heterocycles. The monoisotopic (exact) mass is 1460 g/mol. The minimum absolute atomic E-state index is 0.532. The summed E-state index contributed by atoms with van der Waals surface area (Å²) in [7, 11) is 0. The Labute approximate surface area is 654 Å². The van der Waals surface area contributed by atoms with Gasteiger partial charge in [0.15, 0.2) is 34.9 Å². The van der Waals surface area contributed by atoms with Gasteiger partial charge in [0.25, 0.3) is 0 Å². The van der Waals surface area contributed by atoms with Crippen molar-refractivity contribution in [2.24, 2.45) is 0 Å². The SMILES string of the molecule is c1ccc(-c2nc(-c3ccc4c(c3)-c3ccccc3C43c4ccccc4-c4ccccc4-c4ccccc43)nc(-c3ccc4c(c3)sc3ccccc34)n2)cc1.c1ccc(-c2nc(-c3ccc4c(c3)C3(c5ccccc5-c5ccccc5-c5ccccc53)c3ccccc3-4)nc(-c3ccc4c(c3)sc3ccccc34)n2)cc1.